The predicted molar refractivity (Wildman–Crippen MR) is 74.9 cm³/mol. The molecule has 0 radical (unpaired) electrons. The van der Waals surface area contributed by atoms with Crippen molar-refractivity contribution in [3.63, 3.8) is 0 Å². The highest BCUT2D eigenvalue weighted by molar-refractivity contribution is 5.06. The van der Waals surface area contributed by atoms with Gasteiger partial charge in [-0.05, 0) is 39.2 Å². The zero-order chi connectivity index (χ0) is 13.2. The fraction of sp³-hybridized carbons (Fsp3) is 0.800. The maximum Gasteiger partial charge on any atom is 0.133 e. The number of aromatic nitrogens is 1. The van der Waals surface area contributed by atoms with Crippen molar-refractivity contribution < 1.29 is 4.52 Å². The molecule has 106 valence electrons. The summed E-state index contributed by atoms with van der Waals surface area (Å²) in [6, 6.07) is 4.25. The van der Waals surface area contributed by atoms with Crippen LogP contribution in [0, 0.1) is 6.92 Å². The van der Waals surface area contributed by atoms with Crippen LogP contribution in [0.2, 0.25) is 0 Å². The number of nitrogens with zero attached hydrogens (tertiary/aromatic N) is 2. The number of fused-ring (bicyclic) bond motifs is 2. The summed E-state index contributed by atoms with van der Waals surface area (Å²) in [6.07, 6.45) is 6.66. The summed E-state index contributed by atoms with van der Waals surface area (Å²) in [7, 11) is 0. The second-order valence-corrected chi connectivity index (χ2v) is 6.07. The van der Waals surface area contributed by atoms with Gasteiger partial charge in [0.2, 0.25) is 0 Å². The zero-order valence-corrected chi connectivity index (χ0v) is 12.1. The first-order valence-electron chi connectivity index (χ1n) is 7.67. The lowest BCUT2D eigenvalue weighted by Gasteiger charge is -2.48. The lowest BCUT2D eigenvalue weighted by Crippen LogP contribution is -2.55. The molecule has 2 unspecified atom stereocenters. The molecule has 19 heavy (non-hydrogen) atoms. The molecule has 2 aliphatic rings. The van der Waals surface area contributed by atoms with Crippen molar-refractivity contribution in [2.45, 2.75) is 70.6 Å². The average molecular weight is 263 g/mol. The van der Waals surface area contributed by atoms with Crippen LogP contribution in [-0.2, 0) is 6.54 Å². The highest BCUT2D eigenvalue weighted by atomic mass is 16.5. The number of aryl methyl sites for hydroxylation is 1. The summed E-state index contributed by atoms with van der Waals surface area (Å²) in [4.78, 5) is 2.68. The molecule has 4 nitrogen and oxygen atoms in total. The Hall–Kier alpha value is -0.870. The molecule has 0 amide bonds. The lowest BCUT2D eigenvalue weighted by atomic mass is 9.81. The zero-order valence-electron chi connectivity index (χ0n) is 12.1. The van der Waals surface area contributed by atoms with Crippen molar-refractivity contribution in [3.05, 3.63) is 17.5 Å². The first kappa shape index (κ1) is 13.1. The van der Waals surface area contributed by atoms with Crippen LogP contribution >= 0.6 is 0 Å². The van der Waals surface area contributed by atoms with Gasteiger partial charge >= 0.3 is 0 Å². The topological polar surface area (TPSA) is 41.3 Å². The van der Waals surface area contributed by atoms with Crippen molar-refractivity contribution in [2.75, 3.05) is 6.54 Å². The quantitative estimate of drug-likeness (QED) is 0.906. The second kappa shape index (κ2) is 5.63. The van der Waals surface area contributed by atoms with E-state index < -0.39 is 0 Å². The normalized spacial score (nSPS) is 31.6. The van der Waals surface area contributed by atoms with Crippen molar-refractivity contribution in [2.24, 2.45) is 0 Å². The minimum atomic E-state index is 0.718. The summed E-state index contributed by atoms with van der Waals surface area (Å²) in [5, 5.41) is 7.80. The number of nitrogens with one attached hydrogen (secondary N) is 1. The first-order valence-corrected chi connectivity index (χ1v) is 7.67. The molecule has 0 aliphatic carbocycles. The lowest BCUT2D eigenvalue weighted by molar-refractivity contribution is 0.0164. The van der Waals surface area contributed by atoms with Gasteiger partial charge in [0.1, 0.15) is 5.76 Å². The van der Waals surface area contributed by atoms with Crippen LogP contribution in [0.15, 0.2) is 10.6 Å². The van der Waals surface area contributed by atoms with E-state index in [4.69, 9.17) is 4.52 Å². The van der Waals surface area contributed by atoms with Gasteiger partial charge in [0.15, 0.2) is 0 Å². The molecule has 2 aliphatic heterocycles. The molecule has 2 fully saturated rings. The maximum absolute atomic E-state index is 5.20. The molecule has 2 atom stereocenters. The molecule has 0 saturated carbocycles. The van der Waals surface area contributed by atoms with Gasteiger partial charge in [0.05, 0.1) is 5.69 Å². The Morgan fingerprint density at radius 1 is 1.37 bits per heavy atom. The van der Waals surface area contributed by atoms with E-state index in [9.17, 15) is 0 Å². The third kappa shape index (κ3) is 2.84. The van der Waals surface area contributed by atoms with Crippen LogP contribution < -0.4 is 5.32 Å². The number of piperidine rings is 2. The summed E-state index contributed by atoms with van der Waals surface area (Å²) in [5.41, 5.74) is 1.09. The van der Waals surface area contributed by atoms with Crippen molar-refractivity contribution in [1.82, 2.24) is 15.4 Å². The summed E-state index contributed by atoms with van der Waals surface area (Å²) in [6.45, 7) is 6.23. The van der Waals surface area contributed by atoms with Gasteiger partial charge in [0, 0.05) is 30.7 Å². The van der Waals surface area contributed by atoms with Gasteiger partial charge in [-0.2, -0.15) is 0 Å². The minimum absolute atomic E-state index is 0.718. The molecule has 1 aromatic heterocycles. The van der Waals surface area contributed by atoms with E-state index in [-0.39, 0.29) is 0 Å². The van der Waals surface area contributed by atoms with Crippen LogP contribution in [0.1, 0.15) is 50.5 Å². The molecule has 1 N–H and O–H groups in total. The van der Waals surface area contributed by atoms with Gasteiger partial charge in [0.25, 0.3) is 0 Å². The van der Waals surface area contributed by atoms with Crippen LogP contribution in [0.25, 0.3) is 0 Å². The smallest absolute Gasteiger partial charge is 0.133 e. The molecule has 4 heteroatoms. The standard InChI is InChI=1S/C15H25N3O/c1-3-16-12-8-14-5-4-6-15(9-12)18(14)10-13-7-11(2)19-17-13/h7,12,14-16H,3-6,8-10H2,1-2H3. The maximum atomic E-state index is 5.20. The fourth-order valence-corrected chi connectivity index (χ4v) is 3.87. The van der Waals surface area contributed by atoms with Gasteiger partial charge in [-0.25, -0.2) is 0 Å². The molecule has 3 rings (SSSR count). The highest BCUT2D eigenvalue weighted by Crippen LogP contribution is 2.35. The van der Waals surface area contributed by atoms with Crippen LogP contribution in [-0.4, -0.2) is 34.7 Å². The Kier molecular flexibility index (Phi) is 3.89. The molecule has 0 spiro atoms. The van der Waals surface area contributed by atoms with Crippen LogP contribution in [0.5, 0.6) is 0 Å². The highest BCUT2D eigenvalue weighted by Gasteiger charge is 2.38. The third-order valence-corrected chi connectivity index (χ3v) is 4.64. The Labute approximate surface area is 115 Å². The fourth-order valence-electron chi connectivity index (χ4n) is 3.87. The molecule has 0 aromatic carbocycles. The molecular formula is C15H25N3O. The van der Waals surface area contributed by atoms with Crippen LogP contribution in [0.3, 0.4) is 0 Å². The van der Waals surface area contributed by atoms with E-state index in [1.54, 1.807) is 0 Å². The molecular weight excluding hydrogens is 238 g/mol. The van der Waals surface area contributed by atoms with E-state index in [1.807, 2.05) is 6.92 Å². The van der Waals surface area contributed by atoms with Crippen molar-refractivity contribution >= 4 is 0 Å². The molecule has 2 bridgehead atoms. The third-order valence-electron chi connectivity index (χ3n) is 4.64. The van der Waals surface area contributed by atoms with Gasteiger partial charge in [-0.1, -0.05) is 18.5 Å². The summed E-state index contributed by atoms with van der Waals surface area (Å²) in [5.74, 6) is 0.919. The first-order chi connectivity index (χ1) is 9.26. The van der Waals surface area contributed by atoms with E-state index in [0.29, 0.717) is 0 Å². The average Bonchev–Trinajstić information content (AvgIpc) is 2.76. The van der Waals surface area contributed by atoms with E-state index in [2.05, 4.69) is 28.4 Å². The minimum Gasteiger partial charge on any atom is -0.361 e. The number of rotatable bonds is 4. The Bertz CT molecular complexity index is 403. The monoisotopic (exact) mass is 263 g/mol. The second-order valence-electron chi connectivity index (χ2n) is 6.07. The van der Waals surface area contributed by atoms with E-state index >= 15 is 0 Å². The Balaban J connectivity index is 1.68. The van der Waals surface area contributed by atoms with Crippen molar-refractivity contribution in [1.29, 1.82) is 0 Å². The van der Waals surface area contributed by atoms with Gasteiger partial charge in [-0.3, -0.25) is 4.90 Å². The van der Waals surface area contributed by atoms with Gasteiger partial charge < -0.3 is 9.84 Å². The Morgan fingerprint density at radius 2 is 2.11 bits per heavy atom. The molecule has 2 saturated heterocycles. The van der Waals surface area contributed by atoms with E-state index in [0.717, 1.165) is 42.7 Å². The summed E-state index contributed by atoms with van der Waals surface area (Å²) < 4.78 is 5.20. The number of hydrogen-bond acceptors (Lipinski definition) is 4. The molecule has 1 aromatic rings. The number of hydrogen-bond donors (Lipinski definition) is 1. The Morgan fingerprint density at radius 3 is 2.68 bits per heavy atom. The van der Waals surface area contributed by atoms with Gasteiger partial charge in [-0.15, -0.1) is 0 Å². The van der Waals surface area contributed by atoms with Crippen molar-refractivity contribution in [3.8, 4) is 0 Å². The van der Waals surface area contributed by atoms with E-state index in [1.165, 1.54) is 32.1 Å². The summed E-state index contributed by atoms with van der Waals surface area (Å²) >= 11 is 0. The largest absolute Gasteiger partial charge is 0.361 e. The predicted octanol–water partition coefficient (Wildman–Crippen LogP) is 2.48. The van der Waals surface area contributed by atoms with Crippen LogP contribution in [0.4, 0.5) is 0 Å². The molecule has 3 heterocycles. The SMILES string of the molecule is CCNC1CC2CCCC(C1)N2Cc1cc(C)on1.